The van der Waals surface area contributed by atoms with Crippen molar-refractivity contribution >= 4 is 32.7 Å². The fourth-order valence-corrected chi connectivity index (χ4v) is 7.56. The monoisotopic (exact) mass is 440 g/mol. The number of aliphatic imine (C=N–C) groups is 1. The minimum Gasteiger partial charge on any atom is -0.493 e. The van der Waals surface area contributed by atoms with Gasteiger partial charge >= 0.3 is 0 Å². The molecule has 1 aromatic rings. The van der Waals surface area contributed by atoms with Crippen molar-refractivity contribution in [3.05, 3.63) is 23.8 Å². The summed E-state index contributed by atoms with van der Waals surface area (Å²) in [6.07, 6.45) is 0.342. The van der Waals surface area contributed by atoms with Crippen LogP contribution < -0.4 is 9.47 Å². The van der Waals surface area contributed by atoms with Gasteiger partial charge in [0.1, 0.15) is 0 Å². The van der Waals surface area contributed by atoms with E-state index >= 15 is 0 Å². The molecule has 7 nitrogen and oxygen atoms in total. The molecule has 29 heavy (non-hydrogen) atoms. The van der Waals surface area contributed by atoms with Crippen molar-refractivity contribution in [2.75, 3.05) is 25.7 Å². The third-order valence-electron chi connectivity index (χ3n) is 4.88. The van der Waals surface area contributed by atoms with Crippen LogP contribution >= 0.6 is 11.8 Å². The summed E-state index contributed by atoms with van der Waals surface area (Å²) in [4.78, 5) is 18.8. The van der Waals surface area contributed by atoms with E-state index in [1.807, 2.05) is 43.9 Å². The molecule has 2 heterocycles. The number of hydrogen-bond acceptors (Lipinski definition) is 6. The molecule has 2 aliphatic rings. The van der Waals surface area contributed by atoms with Gasteiger partial charge < -0.3 is 14.4 Å². The number of fused-ring (bicyclic) bond motifs is 1. The second-order valence-corrected chi connectivity index (χ2v) is 12.0. The Balaban J connectivity index is 1.89. The van der Waals surface area contributed by atoms with Crippen molar-refractivity contribution in [3.63, 3.8) is 0 Å². The molecule has 0 unspecified atom stereocenters. The van der Waals surface area contributed by atoms with E-state index in [9.17, 15) is 13.2 Å². The molecule has 1 amide bonds. The molecule has 0 aliphatic carbocycles. The maximum Gasteiger partial charge on any atom is 0.248 e. The number of rotatable bonds is 5. The van der Waals surface area contributed by atoms with Gasteiger partial charge in [-0.3, -0.25) is 4.79 Å². The highest BCUT2D eigenvalue weighted by Crippen LogP contribution is 2.40. The van der Waals surface area contributed by atoms with Crippen LogP contribution in [0.2, 0.25) is 0 Å². The van der Waals surface area contributed by atoms with Crippen LogP contribution in [0, 0.1) is 5.41 Å². The second-order valence-electron chi connectivity index (χ2n) is 8.64. The van der Waals surface area contributed by atoms with Gasteiger partial charge in [-0.25, -0.2) is 8.42 Å². The molecular weight excluding hydrogens is 412 g/mol. The topological polar surface area (TPSA) is 85.3 Å². The van der Waals surface area contributed by atoms with Crippen LogP contribution in [0.5, 0.6) is 11.5 Å². The lowest BCUT2D eigenvalue weighted by Crippen LogP contribution is -2.37. The summed E-state index contributed by atoms with van der Waals surface area (Å²) in [7, 11) is 0.0699. The van der Waals surface area contributed by atoms with Crippen LogP contribution in [0.3, 0.4) is 0 Å². The molecular formula is C20H28N2O5S2. The first-order chi connectivity index (χ1) is 13.5. The summed E-state index contributed by atoms with van der Waals surface area (Å²) in [6, 6.07) is 5.42. The van der Waals surface area contributed by atoms with Crippen LogP contribution in [-0.2, 0) is 21.2 Å². The second kappa shape index (κ2) is 8.18. The number of sulfone groups is 1. The van der Waals surface area contributed by atoms with Crippen molar-refractivity contribution in [2.45, 2.75) is 45.0 Å². The number of amides is 1. The van der Waals surface area contributed by atoms with E-state index in [-0.39, 0.29) is 34.1 Å². The lowest BCUT2D eigenvalue weighted by Gasteiger charge is -2.25. The Morgan fingerprint density at radius 2 is 1.90 bits per heavy atom. The van der Waals surface area contributed by atoms with E-state index < -0.39 is 9.84 Å². The summed E-state index contributed by atoms with van der Waals surface area (Å²) in [5.74, 6) is 1.26. The molecule has 1 aromatic carbocycles. The van der Waals surface area contributed by atoms with Crippen molar-refractivity contribution < 1.29 is 22.7 Å². The number of benzene rings is 1. The van der Waals surface area contributed by atoms with E-state index in [1.54, 1.807) is 14.2 Å². The molecule has 2 fully saturated rings. The quantitative estimate of drug-likeness (QED) is 0.696. The van der Waals surface area contributed by atoms with Gasteiger partial charge in [0, 0.05) is 18.2 Å². The molecule has 0 N–H and O–H groups in total. The first-order valence-electron chi connectivity index (χ1n) is 9.47. The molecule has 0 spiro atoms. The van der Waals surface area contributed by atoms with Gasteiger partial charge in [0.15, 0.2) is 26.5 Å². The first-order valence-corrected chi connectivity index (χ1v) is 12.2. The number of ether oxygens (including phenoxy) is 2. The van der Waals surface area contributed by atoms with Gasteiger partial charge in [-0.2, -0.15) is 4.99 Å². The summed E-state index contributed by atoms with van der Waals surface area (Å²) in [5, 5.41) is 0.514. The molecule has 2 atom stereocenters. The zero-order valence-electron chi connectivity index (χ0n) is 17.5. The molecule has 9 heteroatoms. The largest absolute Gasteiger partial charge is 0.493 e. The summed E-state index contributed by atoms with van der Waals surface area (Å²) < 4.78 is 35.0. The van der Waals surface area contributed by atoms with Crippen molar-refractivity contribution in [2.24, 2.45) is 10.4 Å². The van der Waals surface area contributed by atoms with Gasteiger partial charge in [-0.15, -0.1) is 0 Å². The Morgan fingerprint density at radius 3 is 2.52 bits per heavy atom. The Labute approximate surface area is 176 Å². The number of nitrogens with zero attached hydrogens (tertiary/aromatic N) is 2. The van der Waals surface area contributed by atoms with Gasteiger partial charge in [0.05, 0.1) is 31.8 Å². The summed E-state index contributed by atoms with van der Waals surface area (Å²) in [5.41, 5.74) is 0.779. The molecule has 0 aromatic heterocycles. The molecule has 2 saturated heterocycles. The molecule has 0 radical (unpaired) electrons. The van der Waals surface area contributed by atoms with Gasteiger partial charge in [-0.05, 0) is 23.1 Å². The first kappa shape index (κ1) is 22.0. The Morgan fingerprint density at radius 1 is 1.21 bits per heavy atom. The standard InChI is InChI=1S/C20H28N2O5S2/c1-20(2,3)9-18(23)21-19-22(14-11-29(24,25)12-17(14)28-19)10-13-6-7-15(26-4)16(8-13)27-5/h6-8,14,17H,9-12H2,1-5H3/t14-,17-/m1/s1. The normalized spacial score (nSPS) is 24.6. The highest BCUT2D eigenvalue weighted by atomic mass is 32.2. The minimum absolute atomic E-state index is 0.0877. The fraction of sp³-hybridized carbons (Fsp3) is 0.600. The smallest absolute Gasteiger partial charge is 0.248 e. The molecule has 160 valence electrons. The highest BCUT2D eigenvalue weighted by Gasteiger charge is 2.48. The number of thioether (sulfide) groups is 1. The number of methoxy groups -OCH3 is 2. The van der Waals surface area contributed by atoms with Crippen molar-refractivity contribution in [1.82, 2.24) is 4.90 Å². The molecule has 0 bridgehead atoms. The van der Waals surface area contributed by atoms with Crippen LogP contribution in [0.25, 0.3) is 0 Å². The van der Waals surface area contributed by atoms with E-state index in [4.69, 9.17) is 9.47 Å². The maximum absolute atomic E-state index is 12.5. The third kappa shape index (κ3) is 5.25. The summed E-state index contributed by atoms with van der Waals surface area (Å²) in [6.45, 7) is 6.44. The lowest BCUT2D eigenvalue weighted by molar-refractivity contribution is -0.119. The van der Waals surface area contributed by atoms with E-state index in [0.717, 1.165) is 5.56 Å². The number of amidine groups is 1. The number of hydrogen-bond donors (Lipinski definition) is 0. The van der Waals surface area contributed by atoms with Gasteiger partial charge in [0.25, 0.3) is 0 Å². The van der Waals surface area contributed by atoms with Crippen LogP contribution in [-0.4, -0.2) is 61.4 Å². The SMILES string of the molecule is COc1ccc(CN2C(=NC(=O)CC(C)(C)C)S[C@@H]3CS(=O)(=O)C[C@H]32)cc1OC. The third-order valence-corrected chi connectivity index (χ3v) is 8.13. The Bertz CT molecular complexity index is 921. The lowest BCUT2D eigenvalue weighted by atomic mass is 9.92. The Kier molecular flexibility index (Phi) is 6.19. The van der Waals surface area contributed by atoms with E-state index in [2.05, 4.69) is 4.99 Å². The van der Waals surface area contributed by atoms with Gasteiger partial charge in [-0.1, -0.05) is 38.6 Å². The molecule has 0 saturated carbocycles. The van der Waals surface area contributed by atoms with Crippen molar-refractivity contribution in [3.8, 4) is 11.5 Å². The predicted octanol–water partition coefficient (Wildman–Crippen LogP) is 2.74. The molecule has 2 aliphatic heterocycles. The highest BCUT2D eigenvalue weighted by molar-refractivity contribution is 8.15. The zero-order valence-corrected chi connectivity index (χ0v) is 19.1. The fourth-order valence-electron chi connectivity index (χ4n) is 3.60. The average molecular weight is 441 g/mol. The van der Waals surface area contributed by atoms with Gasteiger partial charge in [0.2, 0.25) is 5.91 Å². The van der Waals surface area contributed by atoms with Crippen LogP contribution in [0.4, 0.5) is 0 Å². The zero-order chi connectivity index (χ0) is 21.4. The Hall–Kier alpha value is -1.74. The van der Waals surface area contributed by atoms with Crippen LogP contribution in [0.15, 0.2) is 23.2 Å². The predicted molar refractivity (Wildman–Crippen MR) is 115 cm³/mol. The average Bonchev–Trinajstić information content (AvgIpc) is 3.05. The summed E-state index contributed by atoms with van der Waals surface area (Å²) >= 11 is 1.40. The molecule has 3 rings (SSSR count). The number of carbonyl (C=O) groups excluding carboxylic acids is 1. The number of carbonyl (C=O) groups is 1. The minimum atomic E-state index is -3.08. The van der Waals surface area contributed by atoms with Crippen LogP contribution in [0.1, 0.15) is 32.8 Å². The maximum atomic E-state index is 12.5. The van der Waals surface area contributed by atoms with Crippen molar-refractivity contribution in [1.29, 1.82) is 0 Å². The van der Waals surface area contributed by atoms with E-state index in [1.165, 1.54) is 11.8 Å². The van der Waals surface area contributed by atoms with E-state index in [0.29, 0.717) is 29.6 Å².